The zero-order chi connectivity index (χ0) is 31.6. The molecular weight excluding hydrogens is 552 g/mol. The first-order valence-electron chi connectivity index (χ1n) is 15.3. The molecule has 0 spiro atoms. The predicted octanol–water partition coefficient (Wildman–Crippen LogP) is 3.75. The van der Waals surface area contributed by atoms with Crippen LogP contribution in [-0.2, 0) is 33.3 Å². The zero-order valence-corrected chi connectivity index (χ0v) is 26.5. The third kappa shape index (κ3) is 4.69. The summed E-state index contributed by atoms with van der Waals surface area (Å²) in [7, 11) is 1.46. The summed E-state index contributed by atoms with van der Waals surface area (Å²) in [6.45, 7) is 12.7. The maximum Gasteiger partial charge on any atom is 0.336 e. The van der Waals surface area contributed by atoms with E-state index < -0.39 is 70.4 Å². The van der Waals surface area contributed by atoms with Crippen molar-refractivity contribution in [1.82, 2.24) is 0 Å². The van der Waals surface area contributed by atoms with Gasteiger partial charge in [-0.2, -0.15) is 0 Å². The third-order valence-corrected chi connectivity index (χ3v) is 11.6. The van der Waals surface area contributed by atoms with Gasteiger partial charge in [0.25, 0.3) is 0 Å². The van der Waals surface area contributed by atoms with Crippen LogP contribution < -0.4 is 0 Å². The smallest absolute Gasteiger partial charge is 0.336 e. The van der Waals surface area contributed by atoms with Crippen molar-refractivity contribution < 1.29 is 43.5 Å². The van der Waals surface area contributed by atoms with Crippen molar-refractivity contribution in [3.8, 4) is 0 Å². The summed E-state index contributed by atoms with van der Waals surface area (Å²) >= 11 is 0. The van der Waals surface area contributed by atoms with Gasteiger partial charge in [-0.1, -0.05) is 58.0 Å². The average molecular weight is 599 g/mol. The highest BCUT2D eigenvalue weighted by atomic mass is 16.6. The largest absolute Gasteiger partial charge is 0.456 e. The lowest BCUT2D eigenvalue weighted by atomic mass is 9.44. The van der Waals surface area contributed by atoms with Crippen LogP contribution in [0, 0.1) is 28.6 Å². The molecule has 9 heteroatoms. The number of aliphatic hydroxyl groups is 2. The molecule has 2 bridgehead atoms. The highest BCUT2D eigenvalue weighted by Crippen LogP contribution is 2.63. The van der Waals surface area contributed by atoms with E-state index >= 15 is 0 Å². The zero-order valence-electron chi connectivity index (χ0n) is 26.5. The van der Waals surface area contributed by atoms with Gasteiger partial charge in [-0.05, 0) is 42.4 Å². The van der Waals surface area contributed by atoms with Gasteiger partial charge in [-0.15, -0.1) is 0 Å². The summed E-state index contributed by atoms with van der Waals surface area (Å²) in [5.41, 5.74) is -1.96. The van der Waals surface area contributed by atoms with E-state index in [4.69, 9.17) is 18.9 Å². The molecule has 2 N–H and O–H groups in total. The van der Waals surface area contributed by atoms with Gasteiger partial charge in [-0.3, -0.25) is 9.59 Å². The minimum atomic E-state index is -1.50. The van der Waals surface area contributed by atoms with E-state index in [0.29, 0.717) is 24.2 Å². The van der Waals surface area contributed by atoms with Crippen LogP contribution in [0.15, 0.2) is 41.5 Å². The number of hydrogen-bond acceptors (Lipinski definition) is 9. The highest BCUT2D eigenvalue weighted by molar-refractivity contribution is 5.94. The minimum absolute atomic E-state index is 0.0655. The number of carbonyl (C=O) groups excluding carboxylic acids is 3. The average Bonchev–Trinajstić information content (AvgIpc) is 2.94. The fraction of sp³-hybridized carbons (Fsp3) is 0.676. The lowest BCUT2D eigenvalue weighted by molar-refractivity contribution is -0.262. The topological polar surface area (TPSA) is 129 Å². The van der Waals surface area contributed by atoms with E-state index in [-0.39, 0.29) is 24.4 Å². The van der Waals surface area contributed by atoms with Crippen molar-refractivity contribution in [2.75, 3.05) is 13.7 Å². The Morgan fingerprint density at radius 3 is 2.33 bits per heavy atom. The summed E-state index contributed by atoms with van der Waals surface area (Å²) in [5.74, 6) is -3.00. The number of rotatable bonds is 6. The number of hydrogen-bond donors (Lipinski definition) is 2. The Bertz CT molecular complexity index is 1300. The van der Waals surface area contributed by atoms with E-state index in [1.807, 2.05) is 58.0 Å². The second-order valence-electron chi connectivity index (χ2n) is 13.9. The van der Waals surface area contributed by atoms with Crippen LogP contribution in [0.5, 0.6) is 0 Å². The summed E-state index contributed by atoms with van der Waals surface area (Å²) in [6, 6.07) is 9.53. The predicted molar refractivity (Wildman–Crippen MR) is 157 cm³/mol. The van der Waals surface area contributed by atoms with Crippen LogP contribution in [0.3, 0.4) is 0 Å². The van der Waals surface area contributed by atoms with Crippen molar-refractivity contribution in [2.45, 2.75) is 103 Å². The number of ether oxygens (including phenoxy) is 4. The number of methoxy groups -OCH3 is 1. The number of carbonyl (C=O) groups is 3. The van der Waals surface area contributed by atoms with Crippen molar-refractivity contribution in [2.24, 2.45) is 28.6 Å². The Hall–Kier alpha value is -2.59. The molecule has 1 aromatic rings. The number of benzene rings is 1. The first kappa shape index (κ1) is 31.8. The van der Waals surface area contributed by atoms with Gasteiger partial charge >= 0.3 is 11.9 Å². The number of fused-ring (bicyclic) bond motifs is 5. The number of aliphatic hydroxyl groups excluding tert-OH is 1. The first-order valence-corrected chi connectivity index (χ1v) is 15.3. The number of ketones is 1. The standard InChI is InChI=1S/C34H46O9/c1-17(21-12-10-9-11-13-21)28(40-8)31(38)43-24-15-34(39)19(3)27-22-16-41-23(22)14-25(36)33(27,7)30(37)29(42-20(4)35)26(18(24)2)32(34,5)6/h9-13,17,19,22-25,27-29,36,39H,14-16H2,1-8H3/t17-,19?,22+,23+,24-,25-,27?,28+,29+,33+,34+/m0/s1. The van der Waals surface area contributed by atoms with Crippen molar-refractivity contribution in [3.05, 3.63) is 47.0 Å². The highest BCUT2D eigenvalue weighted by Gasteiger charge is 2.70. The maximum absolute atomic E-state index is 14.7. The molecular formula is C34H46O9. The van der Waals surface area contributed by atoms with Crippen LogP contribution in [0.2, 0.25) is 0 Å². The lowest BCUT2D eigenvalue weighted by Gasteiger charge is -2.65. The molecule has 9 nitrogen and oxygen atoms in total. The van der Waals surface area contributed by atoms with Gasteiger partial charge in [0.2, 0.25) is 0 Å². The van der Waals surface area contributed by atoms with Gasteiger partial charge < -0.3 is 29.2 Å². The van der Waals surface area contributed by atoms with Gasteiger partial charge in [-0.25, -0.2) is 4.79 Å². The van der Waals surface area contributed by atoms with E-state index in [0.717, 1.165) is 5.56 Å². The van der Waals surface area contributed by atoms with Crippen molar-refractivity contribution >= 4 is 17.7 Å². The van der Waals surface area contributed by atoms with Gasteiger partial charge in [0.05, 0.1) is 29.8 Å². The molecule has 1 saturated heterocycles. The second kappa shape index (κ2) is 11.1. The third-order valence-electron chi connectivity index (χ3n) is 11.6. The Morgan fingerprint density at radius 1 is 1.12 bits per heavy atom. The Morgan fingerprint density at radius 2 is 1.77 bits per heavy atom. The Kier molecular flexibility index (Phi) is 8.21. The molecule has 1 aliphatic heterocycles. The van der Waals surface area contributed by atoms with E-state index in [9.17, 15) is 24.6 Å². The summed E-state index contributed by atoms with van der Waals surface area (Å²) in [4.78, 5) is 40.9. The SMILES string of the molecule is CO[C@@H](C(=O)O[C@H]1C[C@@]2(O)C(C)C3[C@@H]4CO[C@@H]4C[C@H](O)[C@@]3(C)C(=O)[C@H](OC(C)=O)C(=C1C)C2(C)C)[C@@H](C)c1ccccc1. The number of esters is 2. The Labute approximate surface area is 253 Å². The van der Waals surface area contributed by atoms with Gasteiger partial charge in [0, 0.05) is 44.1 Å². The lowest BCUT2D eigenvalue weighted by Crippen LogP contribution is -2.72. The number of Topliss-reactive ketones (excluding diaryl/α,β-unsaturated/α-hetero) is 1. The van der Waals surface area contributed by atoms with E-state index in [1.54, 1.807) is 13.8 Å². The second-order valence-corrected chi connectivity index (χ2v) is 13.9. The van der Waals surface area contributed by atoms with E-state index in [2.05, 4.69) is 0 Å². The molecule has 11 atom stereocenters. The summed E-state index contributed by atoms with van der Waals surface area (Å²) < 4.78 is 23.4. The molecule has 1 aromatic carbocycles. The molecule has 0 radical (unpaired) electrons. The molecule has 2 unspecified atom stereocenters. The van der Waals surface area contributed by atoms with Crippen LogP contribution in [0.1, 0.15) is 72.8 Å². The van der Waals surface area contributed by atoms with Crippen LogP contribution in [-0.4, -0.2) is 77.8 Å². The molecule has 43 heavy (non-hydrogen) atoms. The molecule has 4 aliphatic rings. The van der Waals surface area contributed by atoms with Crippen molar-refractivity contribution in [3.63, 3.8) is 0 Å². The quantitative estimate of drug-likeness (QED) is 0.372. The Balaban J connectivity index is 1.62. The summed E-state index contributed by atoms with van der Waals surface area (Å²) in [5, 5.41) is 24.3. The van der Waals surface area contributed by atoms with E-state index in [1.165, 1.54) is 14.0 Å². The fourth-order valence-corrected chi connectivity index (χ4v) is 8.91. The molecule has 5 rings (SSSR count). The van der Waals surface area contributed by atoms with Crippen LogP contribution >= 0.6 is 0 Å². The molecule has 0 amide bonds. The maximum atomic E-state index is 14.7. The first-order chi connectivity index (χ1) is 20.1. The fourth-order valence-electron chi connectivity index (χ4n) is 8.91. The molecule has 2 saturated carbocycles. The minimum Gasteiger partial charge on any atom is -0.456 e. The van der Waals surface area contributed by atoms with Crippen LogP contribution in [0.25, 0.3) is 0 Å². The molecule has 0 aromatic heterocycles. The van der Waals surface area contributed by atoms with Gasteiger partial charge in [0.1, 0.15) is 6.10 Å². The molecule has 236 valence electrons. The van der Waals surface area contributed by atoms with Crippen molar-refractivity contribution in [1.29, 1.82) is 0 Å². The molecule has 3 fully saturated rings. The molecule has 1 heterocycles. The summed E-state index contributed by atoms with van der Waals surface area (Å²) in [6.07, 6.45) is -4.09. The normalized spacial score (nSPS) is 39.7. The monoisotopic (exact) mass is 598 g/mol. The molecule has 3 aliphatic carbocycles. The van der Waals surface area contributed by atoms with Gasteiger partial charge in [0.15, 0.2) is 18.0 Å². The van der Waals surface area contributed by atoms with Crippen LogP contribution in [0.4, 0.5) is 0 Å².